The van der Waals surface area contributed by atoms with Gasteiger partial charge in [-0.3, -0.25) is 0 Å². The smallest absolute Gasteiger partial charge is 0.107 e. The summed E-state index contributed by atoms with van der Waals surface area (Å²) >= 11 is 10.3. The van der Waals surface area contributed by atoms with Gasteiger partial charge in [-0.25, -0.2) is 0 Å². The molecule has 0 bridgehead atoms. The van der Waals surface area contributed by atoms with Crippen LogP contribution in [-0.4, -0.2) is 0 Å². The lowest BCUT2D eigenvalue weighted by Crippen LogP contribution is -2.23. The van der Waals surface area contributed by atoms with Crippen molar-refractivity contribution in [1.29, 1.82) is 0 Å². The summed E-state index contributed by atoms with van der Waals surface area (Å²) in [5.41, 5.74) is 10.9. The summed E-state index contributed by atoms with van der Waals surface area (Å²) in [7, 11) is 0. The number of hydrogen-bond acceptors (Lipinski definition) is 2. The van der Waals surface area contributed by atoms with E-state index in [0.717, 1.165) is 0 Å². The molecule has 31 heavy (non-hydrogen) atoms. The zero-order valence-corrected chi connectivity index (χ0v) is 23.5. The standard InChI is InChI=1S/C29H42S2/c1-25(2,3)21-13-17-18-14-22(26(4,5)6)24(28(10,11)12)16-20(18)29(30,31)19(17)15-23(21)27(7,8)9/h13-16,30-31H,1-12H3. The Kier molecular flexibility index (Phi) is 5.65. The topological polar surface area (TPSA) is 0 Å². The third kappa shape index (κ3) is 4.24. The highest BCUT2D eigenvalue weighted by Gasteiger charge is 2.42. The Labute approximate surface area is 202 Å². The van der Waals surface area contributed by atoms with Crippen molar-refractivity contribution in [2.24, 2.45) is 0 Å². The van der Waals surface area contributed by atoms with E-state index in [9.17, 15) is 0 Å². The summed E-state index contributed by atoms with van der Waals surface area (Å²) in [5, 5.41) is 0. The molecule has 1 aliphatic carbocycles. The SMILES string of the molecule is CC(C)(C)c1cc2c(cc1C(C)(C)C)C(S)(S)c1cc(C(C)(C)C)c(C(C)(C)C)cc1-2. The van der Waals surface area contributed by atoms with Crippen molar-refractivity contribution in [3.8, 4) is 11.1 Å². The minimum absolute atomic E-state index is 0.0528. The highest BCUT2D eigenvalue weighted by Crippen LogP contribution is 2.57. The van der Waals surface area contributed by atoms with Gasteiger partial charge in [-0.05, 0) is 78.3 Å². The molecule has 0 saturated heterocycles. The average molecular weight is 455 g/mol. The Morgan fingerprint density at radius 1 is 0.452 bits per heavy atom. The molecule has 2 heteroatoms. The van der Waals surface area contributed by atoms with Gasteiger partial charge in [0.1, 0.15) is 4.08 Å². The number of hydrogen-bond donors (Lipinski definition) is 2. The van der Waals surface area contributed by atoms with Crippen LogP contribution in [0.2, 0.25) is 0 Å². The van der Waals surface area contributed by atoms with Gasteiger partial charge < -0.3 is 0 Å². The molecule has 0 spiro atoms. The zero-order chi connectivity index (χ0) is 23.9. The van der Waals surface area contributed by atoms with Crippen LogP contribution in [-0.2, 0) is 25.7 Å². The minimum Gasteiger partial charge on any atom is -0.152 e. The lowest BCUT2D eigenvalue weighted by molar-refractivity contribution is 0.530. The molecule has 2 aromatic carbocycles. The number of benzene rings is 2. The largest absolute Gasteiger partial charge is 0.152 e. The molecular formula is C29H42S2. The Morgan fingerprint density at radius 2 is 0.677 bits per heavy atom. The van der Waals surface area contributed by atoms with E-state index in [0.29, 0.717) is 0 Å². The van der Waals surface area contributed by atoms with Gasteiger partial charge in [0, 0.05) is 0 Å². The zero-order valence-electron chi connectivity index (χ0n) is 21.7. The molecular weight excluding hydrogens is 412 g/mol. The maximum absolute atomic E-state index is 5.17. The molecule has 1 aliphatic rings. The first-order valence-electron chi connectivity index (χ1n) is 11.5. The summed E-state index contributed by atoms with van der Waals surface area (Å²) < 4.78 is -0.600. The Morgan fingerprint density at radius 3 is 0.903 bits per heavy atom. The Bertz CT molecular complexity index is 943. The molecule has 170 valence electrons. The highest BCUT2D eigenvalue weighted by molar-refractivity contribution is 8.00. The molecule has 2 aromatic rings. The van der Waals surface area contributed by atoms with Crippen molar-refractivity contribution in [2.45, 2.75) is 109 Å². The van der Waals surface area contributed by atoms with Crippen molar-refractivity contribution >= 4 is 25.3 Å². The Hall–Kier alpha value is -0.860. The fourth-order valence-corrected chi connectivity index (χ4v) is 5.59. The van der Waals surface area contributed by atoms with Crippen LogP contribution in [0.4, 0.5) is 0 Å². The summed E-state index contributed by atoms with van der Waals surface area (Å²) in [6.45, 7) is 27.7. The van der Waals surface area contributed by atoms with Gasteiger partial charge >= 0.3 is 0 Å². The molecule has 0 atom stereocenters. The lowest BCUT2D eigenvalue weighted by Gasteiger charge is -2.32. The second-order valence-electron chi connectivity index (χ2n) is 13.6. The number of thiol groups is 2. The van der Waals surface area contributed by atoms with Crippen molar-refractivity contribution in [2.75, 3.05) is 0 Å². The molecule has 0 heterocycles. The van der Waals surface area contributed by atoms with Crippen LogP contribution < -0.4 is 0 Å². The lowest BCUT2D eigenvalue weighted by atomic mass is 9.73. The van der Waals surface area contributed by atoms with Crippen molar-refractivity contribution in [1.82, 2.24) is 0 Å². The van der Waals surface area contributed by atoms with Crippen LogP contribution in [0, 0.1) is 0 Å². The fourth-order valence-electron chi connectivity index (χ4n) is 4.85. The molecule has 3 rings (SSSR count). The number of rotatable bonds is 0. The molecule has 0 aromatic heterocycles. The van der Waals surface area contributed by atoms with Gasteiger partial charge in [-0.1, -0.05) is 95.2 Å². The first-order chi connectivity index (χ1) is 13.7. The minimum atomic E-state index is -0.600. The second-order valence-corrected chi connectivity index (χ2v) is 15.3. The van der Waals surface area contributed by atoms with Crippen LogP contribution in [0.3, 0.4) is 0 Å². The van der Waals surface area contributed by atoms with Gasteiger partial charge in [-0.15, -0.1) is 0 Å². The summed E-state index contributed by atoms with van der Waals surface area (Å²) in [5.74, 6) is 0. The van der Waals surface area contributed by atoms with E-state index in [4.69, 9.17) is 25.3 Å². The maximum atomic E-state index is 5.17. The van der Waals surface area contributed by atoms with E-state index < -0.39 is 4.08 Å². The first kappa shape index (κ1) is 24.8. The molecule has 0 unspecified atom stereocenters. The predicted molar refractivity (Wildman–Crippen MR) is 145 cm³/mol. The molecule has 0 amide bonds. The van der Waals surface area contributed by atoms with E-state index >= 15 is 0 Å². The van der Waals surface area contributed by atoms with Crippen LogP contribution >= 0.6 is 25.3 Å². The van der Waals surface area contributed by atoms with Crippen molar-refractivity contribution < 1.29 is 0 Å². The average Bonchev–Trinajstić information content (AvgIpc) is 2.77. The molecule has 0 aliphatic heterocycles. The van der Waals surface area contributed by atoms with E-state index in [1.54, 1.807) is 0 Å². The van der Waals surface area contributed by atoms with Crippen molar-refractivity contribution in [3.05, 3.63) is 57.6 Å². The molecule has 0 saturated carbocycles. The molecule has 0 N–H and O–H groups in total. The summed E-state index contributed by atoms with van der Waals surface area (Å²) in [6, 6.07) is 9.66. The predicted octanol–water partition coefficient (Wildman–Crippen LogP) is 8.92. The van der Waals surface area contributed by atoms with E-state index in [1.807, 2.05) is 0 Å². The van der Waals surface area contributed by atoms with Crippen LogP contribution in [0.25, 0.3) is 11.1 Å². The summed E-state index contributed by atoms with van der Waals surface area (Å²) in [6.07, 6.45) is 0. The maximum Gasteiger partial charge on any atom is 0.107 e. The second kappa shape index (κ2) is 7.07. The van der Waals surface area contributed by atoms with Gasteiger partial charge in [-0.2, -0.15) is 25.3 Å². The normalized spacial score (nSPS) is 16.3. The van der Waals surface area contributed by atoms with Gasteiger partial charge in [0.2, 0.25) is 0 Å². The Balaban J connectivity index is 2.46. The third-order valence-electron chi connectivity index (χ3n) is 6.59. The number of fused-ring (bicyclic) bond motifs is 3. The van der Waals surface area contributed by atoms with E-state index in [1.165, 1.54) is 44.5 Å². The van der Waals surface area contributed by atoms with Gasteiger partial charge in [0.05, 0.1) is 0 Å². The van der Waals surface area contributed by atoms with Crippen LogP contribution in [0.15, 0.2) is 24.3 Å². The van der Waals surface area contributed by atoms with E-state index in [2.05, 4.69) is 107 Å². The molecule has 0 radical (unpaired) electrons. The summed E-state index contributed by atoms with van der Waals surface area (Å²) in [4.78, 5) is 0. The van der Waals surface area contributed by atoms with E-state index in [-0.39, 0.29) is 21.7 Å². The van der Waals surface area contributed by atoms with Gasteiger partial charge in [0.25, 0.3) is 0 Å². The van der Waals surface area contributed by atoms with Crippen LogP contribution in [0.1, 0.15) is 116 Å². The molecule has 0 nitrogen and oxygen atoms in total. The monoisotopic (exact) mass is 454 g/mol. The fraction of sp³-hybridized carbons (Fsp3) is 0.586. The quantitative estimate of drug-likeness (QED) is 0.288. The van der Waals surface area contributed by atoms with Crippen LogP contribution in [0.5, 0.6) is 0 Å². The van der Waals surface area contributed by atoms with Gasteiger partial charge in [0.15, 0.2) is 0 Å². The highest BCUT2D eigenvalue weighted by atomic mass is 32.2. The molecule has 0 fully saturated rings. The first-order valence-corrected chi connectivity index (χ1v) is 12.4. The van der Waals surface area contributed by atoms with Crippen molar-refractivity contribution in [3.63, 3.8) is 0 Å². The third-order valence-corrected chi connectivity index (χ3v) is 7.55.